The van der Waals surface area contributed by atoms with Crippen molar-refractivity contribution in [3.8, 4) is 17.6 Å². The maximum atomic E-state index is 13.3. The Labute approximate surface area is 127 Å². The van der Waals surface area contributed by atoms with Gasteiger partial charge in [0.05, 0.1) is 23.3 Å². The second-order valence-electron chi connectivity index (χ2n) is 4.52. The molecule has 0 saturated carbocycles. The third kappa shape index (κ3) is 3.18. The number of rotatable bonds is 4. The molecule has 0 fully saturated rings. The monoisotopic (exact) mass is 321 g/mol. The molecule has 0 aromatic heterocycles. The van der Waals surface area contributed by atoms with Crippen LogP contribution in [0.4, 0.5) is 4.39 Å². The zero-order valence-electron chi connectivity index (χ0n) is 11.6. The SMILES string of the molecule is COc1ccc(CS(=O)(=O)c2ccc(F)c(C#N)c2)cc1O. The molecule has 0 heterocycles. The van der Waals surface area contributed by atoms with Gasteiger partial charge in [0, 0.05) is 0 Å². The predicted molar refractivity (Wildman–Crippen MR) is 76.7 cm³/mol. The first-order valence-corrected chi connectivity index (χ1v) is 7.81. The Morgan fingerprint density at radius 2 is 2.00 bits per heavy atom. The lowest BCUT2D eigenvalue weighted by atomic mass is 10.2. The van der Waals surface area contributed by atoms with Crippen molar-refractivity contribution >= 4 is 9.84 Å². The van der Waals surface area contributed by atoms with Crippen LogP contribution in [0.3, 0.4) is 0 Å². The Bertz CT molecular complexity index is 856. The zero-order chi connectivity index (χ0) is 16.3. The van der Waals surface area contributed by atoms with Gasteiger partial charge in [0.25, 0.3) is 0 Å². The van der Waals surface area contributed by atoms with Crippen LogP contribution in [0.1, 0.15) is 11.1 Å². The van der Waals surface area contributed by atoms with E-state index in [2.05, 4.69) is 0 Å². The number of sulfone groups is 1. The Morgan fingerprint density at radius 1 is 1.27 bits per heavy atom. The summed E-state index contributed by atoms with van der Waals surface area (Å²) in [7, 11) is -2.39. The van der Waals surface area contributed by atoms with Crippen LogP contribution in [0.5, 0.6) is 11.5 Å². The topological polar surface area (TPSA) is 87.4 Å². The van der Waals surface area contributed by atoms with E-state index in [9.17, 15) is 17.9 Å². The van der Waals surface area contributed by atoms with Crippen molar-refractivity contribution < 1.29 is 22.7 Å². The molecule has 0 unspecified atom stereocenters. The van der Waals surface area contributed by atoms with E-state index >= 15 is 0 Å². The summed E-state index contributed by atoms with van der Waals surface area (Å²) in [5.41, 5.74) is 0.0137. The first kappa shape index (κ1) is 15.8. The molecule has 7 heteroatoms. The molecule has 0 aliphatic rings. The van der Waals surface area contributed by atoms with Crippen LogP contribution in [-0.2, 0) is 15.6 Å². The number of hydrogen-bond acceptors (Lipinski definition) is 5. The Morgan fingerprint density at radius 3 is 2.59 bits per heavy atom. The third-order valence-corrected chi connectivity index (χ3v) is 4.70. The maximum Gasteiger partial charge on any atom is 0.182 e. The van der Waals surface area contributed by atoms with Gasteiger partial charge in [-0.1, -0.05) is 6.07 Å². The second kappa shape index (κ2) is 6.03. The molecule has 0 saturated heterocycles. The summed E-state index contributed by atoms with van der Waals surface area (Å²) in [6, 6.07) is 8.88. The molecule has 0 radical (unpaired) electrons. The zero-order valence-corrected chi connectivity index (χ0v) is 12.4. The van der Waals surface area contributed by atoms with Gasteiger partial charge in [-0.05, 0) is 35.9 Å². The lowest BCUT2D eigenvalue weighted by molar-refractivity contribution is 0.373. The third-order valence-electron chi connectivity index (χ3n) is 3.02. The van der Waals surface area contributed by atoms with Gasteiger partial charge in [-0.25, -0.2) is 12.8 Å². The summed E-state index contributed by atoms with van der Waals surface area (Å²) < 4.78 is 42.7. The van der Waals surface area contributed by atoms with Crippen molar-refractivity contribution in [1.29, 1.82) is 5.26 Å². The van der Waals surface area contributed by atoms with Gasteiger partial charge < -0.3 is 9.84 Å². The molecule has 0 aliphatic heterocycles. The van der Waals surface area contributed by atoms with Crippen molar-refractivity contribution in [2.75, 3.05) is 7.11 Å². The Hall–Kier alpha value is -2.59. The number of methoxy groups -OCH3 is 1. The molecule has 0 aliphatic carbocycles. The van der Waals surface area contributed by atoms with Crippen LogP contribution in [-0.4, -0.2) is 20.6 Å². The number of hydrogen-bond donors (Lipinski definition) is 1. The van der Waals surface area contributed by atoms with E-state index in [0.29, 0.717) is 5.56 Å². The molecule has 0 spiro atoms. The van der Waals surface area contributed by atoms with Crippen molar-refractivity contribution in [3.63, 3.8) is 0 Å². The molecule has 0 amide bonds. The smallest absolute Gasteiger partial charge is 0.182 e. The van der Waals surface area contributed by atoms with Gasteiger partial charge in [0.2, 0.25) is 0 Å². The number of benzene rings is 2. The van der Waals surface area contributed by atoms with E-state index in [1.54, 1.807) is 6.07 Å². The lowest BCUT2D eigenvalue weighted by Crippen LogP contribution is -2.06. The number of phenols is 1. The van der Waals surface area contributed by atoms with Crippen molar-refractivity contribution in [2.24, 2.45) is 0 Å². The molecule has 114 valence electrons. The number of phenolic OH excluding ortho intramolecular Hbond substituents is 1. The van der Waals surface area contributed by atoms with Crippen LogP contribution in [0.15, 0.2) is 41.3 Å². The van der Waals surface area contributed by atoms with Crippen LogP contribution < -0.4 is 4.74 Å². The van der Waals surface area contributed by atoms with E-state index in [4.69, 9.17) is 10.00 Å². The van der Waals surface area contributed by atoms with Crippen molar-refractivity contribution in [3.05, 3.63) is 53.3 Å². The van der Waals surface area contributed by atoms with E-state index in [-0.39, 0.29) is 27.7 Å². The van der Waals surface area contributed by atoms with Gasteiger partial charge in [0.15, 0.2) is 21.3 Å². The standard InChI is InChI=1S/C15H12FNO4S/c1-21-15-5-2-10(6-14(15)18)9-22(19,20)12-3-4-13(16)11(7-12)8-17/h2-7,18H,9H2,1H3. The molecule has 2 rings (SSSR count). The summed E-state index contributed by atoms with van der Waals surface area (Å²) in [6.45, 7) is 0. The highest BCUT2D eigenvalue weighted by molar-refractivity contribution is 7.90. The molecule has 2 aromatic rings. The minimum Gasteiger partial charge on any atom is -0.504 e. The van der Waals surface area contributed by atoms with E-state index < -0.39 is 15.7 Å². The number of aromatic hydroxyl groups is 1. The van der Waals surface area contributed by atoms with Gasteiger partial charge in [-0.2, -0.15) is 5.26 Å². The number of nitriles is 1. The van der Waals surface area contributed by atoms with Crippen molar-refractivity contribution in [1.82, 2.24) is 0 Å². The molecule has 1 N–H and O–H groups in total. The van der Waals surface area contributed by atoms with Crippen molar-refractivity contribution in [2.45, 2.75) is 10.6 Å². The highest BCUT2D eigenvalue weighted by Crippen LogP contribution is 2.28. The maximum absolute atomic E-state index is 13.3. The number of nitrogens with zero attached hydrogens (tertiary/aromatic N) is 1. The highest BCUT2D eigenvalue weighted by atomic mass is 32.2. The highest BCUT2D eigenvalue weighted by Gasteiger charge is 2.18. The van der Waals surface area contributed by atoms with E-state index in [0.717, 1.165) is 18.2 Å². The van der Waals surface area contributed by atoms with E-state index in [1.165, 1.54) is 25.3 Å². The minimum atomic E-state index is -3.77. The fourth-order valence-electron chi connectivity index (χ4n) is 1.91. The normalized spacial score (nSPS) is 11.0. The second-order valence-corrected chi connectivity index (χ2v) is 6.51. The van der Waals surface area contributed by atoms with Gasteiger partial charge in [0.1, 0.15) is 11.9 Å². The molecule has 5 nitrogen and oxygen atoms in total. The largest absolute Gasteiger partial charge is 0.504 e. The summed E-state index contributed by atoms with van der Waals surface area (Å²) in [6.07, 6.45) is 0. The predicted octanol–water partition coefficient (Wildman–Crippen LogP) is 2.39. The van der Waals surface area contributed by atoms with Crippen LogP contribution >= 0.6 is 0 Å². The van der Waals surface area contributed by atoms with Gasteiger partial charge in [-0.3, -0.25) is 0 Å². The van der Waals surface area contributed by atoms with E-state index in [1.807, 2.05) is 0 Å². The van der Waals surface area contributed by atoms with Gasteiger partial charge in [-0.15, -0.1) is 0 Å². The molecule has 0 atom stereocenters. The van der Waals surface area contributed by atoms with Crippen LogP contribution in [0.25, 0.3) is 0 Å². The lowest BCUT2D eigenvalue weighted by Gasteiger charge is -2.08. The van der Waals surface area contributed by atoms with Crippen LogP contribution in [0.2, 0.25) is 0 Å². The first-order valence-electron chi connectivity index (χ1n) is 6.15. The molecule has 22 heavy (non-hydrogen) atoms. The molecular formula is C15H12FNO4S. The summed E-state index contributed by atoms with van der Waals surface area (Å²) >= 11 is 0. The fraction of sp³-hybridized carbons (Fsp3) is 0.133. The summed E-state index contributed by atoms with van der Waals surface area (Å²) in [4.78, 5) is -0.152. The van der Waals surface area contributed by atoms with Gasteiger partial charge >= 0.3 is 0 Å². The average molecular weight is 321 g/mol. The molecule has 0 bridgehead atoms. The average Bonchev–Trinajstić information content (AvgIpc) is 2.47. The van der Waals surface area contributed by atoms with Crippen LogP contribution in [0, 0.1) is 17.1 Å². The summed E-state index contributed by atoms with van der Waals surface area (Å²) in [5.74, 6) is -1.11. The minimum absolute atomic E-state index is 0.152. The first-order chi connectivity index (χ1) is 10.4. The fourth-order valence-corrected chi connectivity index (χ4v) is 3.27. The quantitative estimate of drug-likeness (QED) is 0.874. The number of ether oxygens (including phenoxy) is 1. The molecule has 2 aromatic carbocycles. The molecular weight excluding hydrogens is 309 g/mol. The summed E-state index contributed by atoms with van der Waals surface area (Å²) in [5, 5.41) is 18.4. The Balaban J connectivity index is 2.36. The Kier molecular flexibility index (Phi) is 4.33. The number of halogens is 1.